The van der Waals surface area contributed by atoms with Crippen molar-refractivity contribution in [2.45, 2.75) is 20.8 Å². The number of amides is 2. The highest BCUT2D eigenvalue weighted by Gasteiger charge is 2.22. The fourth-order valence-corrected chi connectivity index (χ4v) is 4.36. The second-order valence-corrected chi connectivity index (χ2v) is 9.57. The van der Waals surface area contributed by atoms with E-state index in [0.717, 1.165) is 22.5 Å². The number of hydrogen-bond donors (Lipinski definition) is 1. The first-order valence-electron chi connectivity index (χ1n) is 11.2. The highest BCUT2D eigenvalue weighted by molar-refractivity contribution is 7.12. The molecule has 0 saturated carbocycles. The van der Waals surface area contributed by atoms with Crippen LogP contribution >= 0.6 is 11.3 Å². The average Bonchev–Trinajstić information content (AvgIpc) is 3.50. The molecular formula is C27H28N4O2S. The van der Waals surface area contributed by atoms with Crippen LogP contribution in [0.3, 0.4) is 0 Å². The van der Waals surface area contributed by atoms with Crippen LogP contribution in [0.4, 0.5) is 5.95 Å². The zero-order valence-electron chi connectivity index (χ0n) is 19.6. The van der Waals surface area contributed by atoms with Gasteiger partial charge in [-0.1, -0.05) is 67.9 Å². The van der Waals surface area contributed by atoms with E-state index in [1.54, 1.807) is 11.0 Å². The average molecular weight is 473 g/mol. The quantitative estimate of drug-likeness (QED) is 0.361. The zero-order chi connectivity index (χ0) is 24.1. The summed E-state index contributed by atoms with van der Waals surface area (Å²) in [5, 5.41) is 4.81. The van der Waals surface area contributed by atoms with Gasteiger partial charge in [0.2, 0.25) is 11.9 Å². The Morgan fingerprint density at radius 2 is 1.76 bits per heavy atom. The lowest BCUT2D eigenvalue weighted by Crippen LogP contribution is -2.40. The predicted octanol–water partition coefficient (Wildman–Crippen LogP) is 5.65. The smallest absolute Gasteiger partial charge is 0.264 e. The minimum Gasteiger partial charge on any atom is -0.328 e. The summed E-state index contributed by atoms with van der Waals surface area (Å²) in [6, 6.07) is 21.5. The summed E-state index contributed by atoms with van der Waals surface area (Å²) >= 11 is 1.38. The Labute approximate surface area is 203 Å². The molecule has 0 radical (unpaired) electrons. The van der Waals surface area contributed by atoms with E-state index < -0.39 is 0 Å². The van der Waals surface area contributed by atoms with E-state index >= 15 is 0 Å². The number of aryl methyl sites for hydroxylation is 1. The molecule has 0 unspecified atom stereocenters. The van der Waals surface area contributed by atoms with Gasteiger partial charge in [0.1, 0.15) is 6.54 Å². The van der Waals surface area contributed by atoms with E-state index in [2.05, 4.69) is 5.32 Å². The minimum atomic E-state index is -0.288. The van der Waals surface area contributed by atoms with E-state index in [-0.39, 0.29) is 24.3 Å². The molecule has 7 heteroatoms. The molecule has 0 atom stereocenters. The van der Waals surface area contributed by atoms with Crippen molar-refractivity contribution in [3.63, 3.8) is 0 Å². The zero-order valence-corrected chi connectivity index (χ0v) is 20.4. The summed E-state index contributed by atoms with van der Waals surface area (Å²) in [7, 11) is 0. The SMILES string of the molecule is Cc1ccc(-n2cc(-c3ccccc3)nc2NC(=O)CN(CC(C)C)C(=O)c2cccs2)cc1. The van der Waals surface area contributed by atoms with Crippen LogP contribution in [0.2, 0.25) is 0 Å². The lowest BCUT2D eigenvalue weighted by molar-refractivity contribution is -0.117. The molecule has 1 N–H and O–H groups in total. The maximum atomic E-state index is 13.1. The second kappa shape index (κ2) is 10.5. The molecule has 0 aliphatic carbocycles. The third-order valence-electron chi connectivity index (χ3n) is 5.28. The summed E-state index contributed by atoms with van der Waals surface area (Å²) < 4.78 is 1.87. The number of nitrogens with zero attached hydrogens (tertiary/aromatic N) is 3. The van der Waals surface area contributed by atoms with Crippen LogP contribution in [0.15, 0.2) is 78.3 Å². The van der Waals surface area contributed by atoms with Crippen molar-refractivity contribution in [2.24, 2.45) is 5.92 Å². The summed E-state index contributed by atoms with van der Waals surface area (Å²) in [6.45, 7) is 6.54. The van der Waals surface area contributed by atoms with Gasteiger partial charge in [-0.05, 0) is 36.4 Å². The van der Waals surface area contributed by atoms with E-state index in [1.807, 2.05) is 97.6 Å². The Kier molecular flexibility index (Phi) is 7.23. The number of aromatic nitrogens is 2. The molecule has 2 aromatic carbocycles. The van der Waals surface area contributed by atoms with Gasteiger partial charge in [0.25, 0.3) is 5.91 Å². The van der Waals surface area contributed by atoms with Gasteiger partial charge in [0.05, 0.1) is 10.6 Å². The number of rotatable bonds is 8. The molecule has 0 spiro atoms. The third kappa shape index (κ3) is 5.61. The Morgan fingerprint density at radius 1 is 1.03 bits per heavy atom. The monoisotopic (exact) mass is 472 g/mol. The predicted molar refractivity (Wildman–Crippen MR) is 137 cm³/mol. The molecule has 2 heterocycles. The van der Waals surface area contributed by atoms with Crippen LogP contribution in [-0.2, 0) is 4.79 Å². The Balaban J connectivity index is 1.61. The molecule has 0 fully saturated rings. The number of anilines is 1. The van der Waals surface area contributed by atoms with Crippen molar-refractivity contribution in [1.29, 1.82) is 0 Å². The summed E-state index contributed by atoms with van der Waals surface area (Å²) in [4.78, 5) is 33.0. The molecule has 6 nitrogen and oxygen atoms in total. The third-order valence-corrected chi connectivity index (χ3v) is 6.14. The fourth-order valence-electron chi connectivity index (χ4n) is 3.67. The molecule has 4 rings (SSSR count). The first-order chi connectivity index (χ1) is 16.4. The molecule has 4 aromatic rings. The maximum Gasteiger partial charge on any atom is 0.264 e. The Bertz CT molecular complexity index is 1250. The standard InChI is InChI=1S/C27H28N4O2S/c1-19(2)16-30(26(33)24-10-7-15-34-24)18-25(32)29-27-28-23(21-8-5-4-6-9-21)17-31(27)22-13-11-20(3)12-14-22/h4-15,17,19H,16,18H2,1-3H3,(H,28,29,32). The van der Waals surface area contributed by atoms with Crippen molar-refractivity contribution < 1.29 is 9.59 Å². The van der Waals surface area contributed by atoms with Crippen molar-refractivity contribution in [3.8, 4) is 16.9 Å². The number of imidazole rings is 1. The van der Waals surface area contributed by atoms with Crippen molar-refractivity contribution in [1.82, 2.24) is 14.5 Å². The number of benzene rings is 2. The molecule has 0 bridgehead atoms. The molecule has 2 amide bonds. The number of hydrogen-bond acceptors (Lipinski definition) is 4. The van der Waals surface area contributed by atoms with Gasteiger partial charge in [-0.15, -0.1) is 11.3 Å². The Morgan fingerprint density at radius 3 is 2.41 bits per heavy atom. The van der Waals surface area contributed by atoms with Crippen molar-refractivity contribution >= 4 is 29.1 Å². The lowest BCUT2D eigenvalue weighted by Gasteiger charge is -2.23. The van der Waals surface area contributed by atoms with Crippen LogP contribution in [0.25, 0.3) is 16.9 Å². The van der Waals surface area contributed by atoms with Crippen LogP contribution in [-0.4, -0.2) is 39.4 Å². The fraction of sp³-hybridized carbons (Fsp3) is 0.222. The van der Waals surface area contributed by atoms with Crippen LogP contribution in [0.5, 0.6) is 0 Å². The van der Waals surface area contributed by atoms with E-state index in [9.17, 15) is 9.59 Å². The number of carbonyl (C=O) groups is 2. The number of carbonyl (C=O) groups excluding carboxylic acids is 2. The number of thiophene rings is 1. The highest BCUT2D eigenvalue weighted by atomic mass is 32.1. The maximum absolute atomic E-state index is 13.1. The largest absolute Gasteiger partial charge is 0.328 e. The second-order valence-electron chi connectivity index (χ2n) is 8.63. The molecule has 174 valence electrons. The van der Waals surface area contributed by atoms with Gasteiger partial charge in [0, 0.05) is 24.0 Å². The first kappa shape index (κ1) is 23.4. The number of nitrogens with one attached hydrogen (secondary N) is 1. The first-order valence-corrected chi connectivity index (χ1v) is 12.1. The minimum absolute atomic E-state index is 0.0453. The topological polar surface area (TPSA) is 67.2 Å². The van der Waals surface area contributed by atoms with Crippen LogP contribution < -0.4 is 5.32 Å². The van der Waals surface area contributed by atoms with E-state index in [1.165, 1.54) is 11.3 Å². The van der Waals surface area contributed by atoms with Crippen molar-refractivity contribution in [3.05, 3.63) is 88.7 Å². The molecule has 0 aliphatic rings. The molecule has 34 heavy (non-hydrogen) atoms. The van der Waals surface area contributed by atoms with Gasteiger partial charge < -0.3 is 4.90 Å². The van der Waals surface area contributed by atoms with Gasteiger partial charge in [0.15, 0.2) is 0 Å². The molecule has 0 saturated heterocycles. The summed E-state index contributed by atoms with van der Waals surface area (Å²) in [6.07, 6.45) is 1.91. The van der Waals surface area contributed by atoms with Gasteiger partial charge >= 0.3 is 0 Å². The van der Waals surface area contributed by atoms with Crippen molar-refractivity contribution in [2.75, 3.05) is 18.4 Å². The lowest BCUT2D eigenvalue weighted by atomic mass is 10.2. The van der Waals surface area contributed by atoms with E-state index in [4.69, 9.17) is 4.98 Å². The normalized spacial score (nSPS) is 10.9. The van der Waals surface area contributed by atoms with Gasteiger partial charge in [-0.25, -0.2) is 4.98 Å². The van der Waals surface area contributed by atoms with Gasteiger partial charge in [-0.2, -0.15) is 0 Å². The molecular weight excluding hydrogens is 444 g/mol. The molecule has 2 aromatic heterocycles. The highest BCUT2D eigenvalue weighted by Crippen LogP contribution is 2.24. The van der Waals surface area contributed by atoms with Crippen LogP contribution in [0, 0.1) is 12.8 Å². The van der Waals surface area contributed by atoms with Gasteiger partial charge in [-0.3, -0.25) is 19.5 Å². The Hall–Kier alpha value is -3.71. The summed E-state index contributed by atoms with van der Waals surface area (Å²) in [5.74, 6) is 0.228. The van der Waals surface area contributed by atoms with Crippen LogP contribution in [0.1, 0.15) is 29.1 Å². The van der Waals surface area contributed by atoms with E-state index in [0.29, 0.717) is 17.4 Å². The molecule has 0 aliphatic heterocycles. The summed E-state index contributed by atoms with van der Waals surface area (Å²) in [5.41, 5.74) is 3.75.